The summed E-state index contributed by atoms with van der Waals surface area (Å²) in [5.41, 5.74) is 0.985. The standard InChI is InChI=1S/C24H17ClF2N8O4/c25-15-4-6-17(34-10-28-32-33-34)20(21(15)27)11-7-13-2-5-18(35(13)19(36)8-11)23(37)29-12-1-3-14(16(26)9-12)22-30-24(38)39-31-22/h1,3-4,6,8-10,13,18H,2,5,7H2,(H,29,37)(H,30,31,38)/t13-,18+/m1/s1. The normalized spacial score (nSPS) is 18.7. The summed E-state index contributed by atoms with van der Waals surface area (Å²) in [4.78, 5) is 42.5. The van der Waals surface area contributed by atoms with Crippen LogP contribution in [0.5, 0.6) is 0 Å². The van der Waals surface area contributed by atoms with Crippen molar-refractivity contribution in [1.29, 1.82) is 0 Å². The van der Waals surface area contributed by atoms with Crippen LogP contribution in [0.1, 0.15) is 24.8 Å². The Bertz CT molecular complexity index is 1700. The third-order valence-corrected chi connectivity index (χ3v) is 7.02. The number of halogens is 3. The number of nitrogens with one attached hydrogen (secondary N) is 2. The van der Waals surface area contributed by atoms with Crippen molar-refractivity contribution in [2.24, 2.45) is 0 Å². The van der Waals surface area contributed by atoms with Gasteiger partial charge in [-0.25, -0.2) is 13.6 Å². The SMILES string of the molecule is O=C(Nc1ccc(-c2nc(=O)o[nH]2)c(F)c1)[C@@H]1CC[C@@H]2CC(c3c(-n4cnnn4)ccc(Cl)c3F)=CC(=O)N21. The van der Waals surface area contributed by atoms with Crippen molar-refractivity contribution in [1.82, 2.24) is 35.2 Å². The zero-order valence-electron chi connectivity index (χ0n) is 19.8. The van der Waals surface area contributed by atoms with E-state index >= 15 is 4.39 Å². The second-order valence-electron chi connectivity index (χ2n) is 8.99. The summed E-state index contributed by atoms with van der Waals surface area (Å²) < 4.78 is 35.6. The number of nitrogens with zero attached hydrogens (tertiary/aromatic N) is 6. The van der Waals surface area contributed by atoms with Crippen LogP contribution in [-0.4, -0.2) is 59.1 Å². The van der Waals surface area contributed by atoms with E-state index in [4.69, 9.17) is 11.6 Å². The van der Waals surface area contributed by atoms with E-state index in [9.17, 15) is 18.8 Å². The maximum Gasteiger partial charge on any atom is 0.460 e. The van der Waals surface area contributed by atoms with Crippen LogP contribution in [0.2, 0.25) is 5.02 Å². The Morgan fingerprint density at radius 3 is 2.74 bits per heavy atom. The summed E-state index contributed by atoms with van der Waals surface area (Å²) in [6, 6.07) is 5.61. The molecule has 1 fully saturated rings. The Hall–Kier alpha value is -4.72. The summed E-state index contributed by atoms with van der Waals surface area (Å²) in [6.45, 7) is 0. The molecule has 12 nitrogen and oxygen atoms in total. The Balaban J connectivity index is 1.24. The molecule has 1 saturated heterocycles. The average molecular weight is 555 g/mol. The highest BCUT2D eigenvalue weighted by molar-refractivity contribution is 6.31. The lowest BCUT2D eigenvalue weighted by molar-refractivity contribution is -0.135. The van der Waals surface area contributed by atoms with E-state index < -0.39 is 35.2 Å². The Morgan fingerprint density at radius 1 is 1.18 bits per heavy atom. The lowest BCUT2D eigenvalue weighted by atomic mass is 9.92. The number of benzene rings is 2. The van der Waals surface area contributed by atoms with Crippen molar-refractivity contribution in [3.63, 3.8) is 0 Å². The predicted molar refractivity (Wildman–Crippen MR) is 132 cm³/mol. The number of fused-ring (bicyclic) bond motifs is 1. The number of anilines is 1. The van der Waals surface area contributed by atoms with Gasteiger partial charge >= 0.3 is 5.76 Å². The molecule has 0 radical (unpaired) electrons. The van der Waals surface area contributed by atoms with Crippen LogP contribution >= 0.6 is 11.6 Å². The van der Waals surface area contributed by atoms with Gasteiger partial charge in [0.2, 0.25) is 11.8 Å². The highest BCUT2D eigenvalue weighted by Gasteiger charge is 2.43. The number of amides is 2. The van der Waals surface area contributed by atoms with Crippen molar-refractivity contribution >= 4 is 34.7 Å². The largest absolute Gasteiger partial charge is 0.460 e. The number of tetrazole rings is 1. The van der Waals surface area contributed by atoms with Crippen LogP contribution in [0, 0.1) is 11.6 Å². The highest BCUT2D eigenvalue weighted by Crippen LogP contribution is 2.40. The second-order valence-corrected chi connectivity index (χ2v) is 9.40. The molecule has 2 N–H and O–H groups in total. The van der Waals surface area contributed by atoms with Gasteiger partial charge in [-0.3, -0.25) is 9.59 Å². The summed E-state index contributed by atoms with van der Waals surface area (Å²) in [6.07, 6.45) is 3.73. The average Bonchev–Trinajstić information content (AvgIpc) is 3.67. The minimum atomic E-state index is -0.897. The van der Waals surface area contributed by atoms with Gasteiger partial charge in [-0.05, 0) is 65.6 Å². The van der Waals surface area contributed by atoms with E-state index in [2.05, 4.69) is 35.5 Å². The number of carbonyl (C=O) groups is 2. The summed E-state index contributed by atoms with van der Waals surface area (Å²) in [5, 5.41) is 15.7. The number of rotatable bonds is 5. The molecule has 6 rings (SSSR count). The summed E-state index contributed by atoms with van der Waals surface area (Å²) in [5.74, 6) is -3.39. The lowest BCUT2D eigenvalue weighted by Crippen LogP contribution is -2.48. The highest BCUT2D eigenvalue weighted by atomic mass is 35.5. The molecule has 2 aliphatic heterocycles. The van der Waals surface area contributed by atoms with E-state index in [1.54, 1.807) is 6.07 Å². The number of aromatic amines is 1. The van der Waals surface area contributed by atoms with Crippen LogP contribution in [0.4, 0.5) is 14.5 Å². The van der Waals surface area contributed by atoms with E-state index in [-0.39, 0.29) is 40.1 Å². The first-order chi connectivity index (χ1) is 18.8. The molecule has 15 heteroatoms. The Morgan fingerprint density at radius 2 is 2.03 bits per heavy atom. The number of hydrogen-bond acceptors (Lipinski definition) is 8. The van der Waals surface area contributed by atoms with Crippen LogP contribution in [-0.2, 0) is 9.59 Å². The minimum Gasteiger partial charge on any atom is -0.324 e. The number of H-pyrrole nitrogens is 1. The first kappa shape index (κ1) is 24.6. The minimum absolute atomic E-state index is 0.0158. The zero-order valence-corrected chi connectivity index (χ0v) is 20.5. The van der Waals surface area contributed by atoms with Gasteiger partial charge in [0, 0.05) is 23.4 Å². The van der Waals surface area contributed by atoms with Gasteiger partial charge in [0.25, 0.3) is 0 Å². The summed E-state index contributed by atoms with van der Waals surface area (Å²) >= 11 is 6.05. The van der Waals surface area contributed by atoms with E-state index in [1.165, 1.54) is 40.2 Å². The van der Waals surface area contributed by atoms with Crippen LogP contribution in [0.25, 0.3) is 22.6 Å². The summed E-state index contributed by atoms with van der Waals surface area (Å²) in [7, 11) is 0. The fraction of sp³-hybridized carbons (Fsp3) is 0.208. The maximum atomic E-state index is 15.2. The lowest BCUT2D eigenvalue weighted by Gasteiger charge is -2.33. The first-order valence-corrected chi connectivity index (χ1v) is 12.1. The maximum absolute atomic E-state index is 15.2. The smallest absolute Gasteiger partial charge is 0.324 e. The molecule has 2 aromatic heterocycles. The molecular formula is C24H17ClF2N8O4. The second kappa shape index (κ2) is 9.54. The fourth-order valence-corrected chi connectivity index (χ4v) is 5.21. The van der Waals surface area contributed by atoms with Crippen molar-refractivity contribution in [2.75, 3.05) is 5.32 Å². The molecule has 0 bridgehead atoms. The van der Waals surface area contributed by atoms with Gasteiger partial charge in [-0.2, -0.15) is 14.8 Å². The zero-order chi connectivity index (χ0) is 27.3. The van der Waals surface area contributed by atoms with Gasteiger partial charge in [0.1, 0.15) is 18.2 Å². The third-order valence-electron chi connectivity index (χ3n) is 6.73. The molecule has 2 atom stereocenters. The molecule has 0 aliphatic carbocycles. The molecule has 2 amide bonds. The predicted octanol–water partition coefficient (Wildman–Crippen LogP) is 2.72. The van der Waals surface area contributed by atoms with Crippen molar-refractivity contribution in [3.05, 3.63) is 75.5 Å². The van der Waals surface area contributed by atoms with Crippen LogP contribution in [0.3, 0.4) is 0 Å². The number of carbonyl (C=O) groups excluding carboxylic acids is 2. The quantitative estimate of drug-likeness (QED) is 0.382. The van der Waals surface area contributed by atoms with E-state index in [0.29, 0.717) is 24.1 Å². The monoisotopic (exact) mass is 554 g/mol. The van der Waals surface area contributed by atoms with Gasteiger partial charge in [0.15, 0.2) is 11.6 Å². The fourth-order valence-electron chi connectivity index (χ4n) is 5.05. The topological polar surface area (TPSA) is 152 Å². The molecule has 2 aliphatic rings. The third kappa shape index (κ3) is 4.37. The Kier molecular flexibility index (Phi) is 6.02. The number of hydrogen-bond donors (Lipinski definition) is 2. The van der Waals surface area contributed by atoms with E-state index in [1.807, 2.05) is 0 Å². The number of aromatic nitrogens is 6. The molecule has 4 heterocycles. The van der Waals surface area contributed by atoms with Crippen LogP contribution in [0.15, 0.2) is 52.1 Å². The molecule has 198 valence electrons. The first-order valence-electron chi connectivity index (χ1n) is 11.7. The molecule has 0 spiro atoms. The molecule has 0 saturated carbocycles. The molecule has 0 unspecified atom stereocenters. The van der Waals surface area contributed by atoms with Gasteiger partial charge in [-0.1, -0.05) is 11.6 Å². The van der Waals surface area contributed by atoms with Crippen molar-refractivity contribution < 1.29 is 22.9 Å². The van der Waals surface area contributed by atoms with E-state index in [0.717, 1.165) is 6.07 Å². The van der Waals surface area contributed by atoms with Crippen LogP contribution < -0.4 is 11.1 Å². The molecule has 39 heavy (non-hydrogen) atoms. The molecular weight excluding hydrogens is 538 g/mol. The van der Waals surface area contributed by atoms with Gasteiger partial charge in [-0.15, -0.1) is 5.10 Å². The van der Waals surface area contributed by atoms with Crippen molar-refractivity contribution in [2.45, 2.75) is 31.3 Å². The van der Waals surface area contributed by atoms with Gasteiger partial charge in [0.05, 0.1) is 16.3 Å². The van der Waals surface area contributed by atoms with Crippen molar-refractivity contribution in [3.8, 4) is 17.1 Å². The molecule has 4 aromatic rings. The Labute approximate surface area is 222 Å². The molecule has 2 aromatic carbocycles. The van der Waals surface area contributed by atoms with Gasteiger partial charge < -0.3 is 14.7 Å².